The van der Waals surface area contributed by atoms with Crippen LogP contribution in [0.25, 0.3) is 10.9 Å². The van der Waals surface area contributed by atoms with E-state index >= 15 is 0 Å². The van der Waals surface area contributed by atoms with Crippen molar-refractivity contribution in [2.75, 3.05) is 31.5 Å². The lowest BCUT2D eigenvalue weighted by Crippen LogP contribution is -2.46. The molecule has 0 unspecified atom stereocenters. The zero-order chi connectivity index (χ0) is 22.0. The van der Waals surface area contributed by atoms with Gasteiger partial charge in [-0.25, -0.2) is 9.97 Å². The number of hydrogen-bond acceptors (Lipinski definition) is 6. The normalized spacial score (nSPS) is 14.5. The Kier molecular flexibility index (Phi) is 5.64. The number of anilines is 2. The summed E-state index contributed by atoms with van der Waals surface area (Å²) in [5.41, 5.74) is 1.71. The van der Waals surface area contributed by atoms with E-state index in [9.17, 15) is 18.0 Å². The molecule has 1 aromatic heterocycles. The van der Waals surface area contributed by atoms with Crippen LogP contribution in [-0.2, 0) is 0 Å². The molecule has 0 aliphatic carbocycles. The number of alkyl halides is 3. The molecule has 0 spiro atoms. The molecule has 2 N–H and O–H groups in total. The highest BCUT2D eigenvalue weighted by molar-refractivity contribution is 5.95. The van der Waals surface area contributed by atoms with Gasteiger partial charge in [-0.2, -0.15) is 0 Å². The number of ether oxygens (including phenoxy) is 1. The molecule has 0 atom stereocenters. The summed E-state index contributed by atoms with van der Waals surface area (Å²) in [5, 5.41) is 6.72. The van der Waals surface area contributed by atoms with Gasteiger partial charge in [-0.05, 0) is 30.7 Å². The first-order valence-corrected chi connectivity index (χ1v) is 9.69. The van der Waals surface area contributed by atoms with Crippen molar-refractivity contribution in [3.63, 3.8) is 0 Å². The zero-order valence-electron chi connectivity index (χ0n) is 16.7. The molecule has 31 heavy (non-hydrogen) atoms. The Labute approximate surface area is 176 Å². The molecule has 1 aliphatic heterocycles. The van der Waals surface area contributed by atoms with E-state index in [-0.39, 0.29) is 23.1 Å². The largest absolute Gasteiger partial charge is 0.573 e. The fraction of sp³-hybridized carbons (Fsp3) is 0.286. The molecule has 2 aromatic carbocycles. The van der Waals surface area contributed by atoms with Crippen LogP contribution in [0.2, 0.25) is 0 Å². The van der Waals surface area contributed by atoms with E-state index < -0.39 is 12.1 Å². The first-order chi connectivity index (χ1) is 14.8. The summed E-state index contributed by atoms with van der Waals surface area (Å²) in [4.78, 5) is 22.8. The maximum atomic E-state index is 13.0. The number of para-hydroxylation sites is 1. The van der Waals surface area contributed by atoms with Gasteiger partial charge < -0.3 is 20.3 Å². The third kappa shape index (κ3) is 4.85. The molecule has 1 fully saturated rings. The Morgan fingerprint density at radius 2 is 1.97 bits per heavy atom. The van der Waals surface area contributed by atoms with E-state index in [1.54, 1.807) is 11.1 Å². The number of piperazine rings is 1. The highest BCUT2D eigenvalue weighted by atomic mass is 19.4. The van der Waals surface area contributed by atoms with Crippen molar-refractivity contribution >= 4 is 28.4 Å². The van der Waals surface area contributed by atoms with Gasteiger partial charge in [0.15, 0.2) is 5.75 Å². The number of aromatic nitrogens is 2. The number of fused-ring (bicyclic) bond motifs is 1. The summed E-state index contributed by atoms with van der Waals surface area (Å²) >= 11 is 0. The van der Waals surface area contributed by atoms with Crippen LogP contribution >= 0.6 is 0 Å². The van der Waals surface area contributed by atoms with Gasteiger partial charge in [-0.1, -0.05) is 18.2 Å². The molecule has 0 bridgehead atoms. The zero-order valence-corrected chi connectivity index (χ0v) is 16.7. The van der Waals surface area contributed by atoms with Crippen LogP contribution in [0.5, 0.6) is 5.75 Å². The Morgan fingerprint density at radius 1 is 1.19 bits per heavy atom. The first-order valence-electron chi connectivity index (χ1n) is 9.69. The van der Waals surface area contributed by atoms with E-state index in [1.165, 1.54) is 12.1 Å². The number of hydrogen-bond donors (Lipinski definition) is 2. The van der Waals surface area contributed by atoms with Crippen LogP contribution in [0.1, 0.15) is 15.9 Å². The van der Waals surface area contributed by atoms with Crippen LogP contribution in [0.15, 0.2) is 42.6 Å². The van der Waals surface area contributed by atoms with Gasteiger partial charge >= 0.3 is 6.36 Å². The minimum atomic E-state index is -4.92. The molecular formula is C21H20F3N5O2. The summed E-state index contributed by atoms with van der Waals surface area (Å²) in [7, 11) is 0. The Bertz CT molecular complexity index is 1110. The van der Waals surface area contributed by atoms with Crippen LogP contribution in [0, 0.1) is 6.92 Å². The molecule has 1 aliphatic rings. The van der Waals surface area contributed by atoms with E-state index in [1.807, 2.05) is 25.1 Å². The van der Waals surface area contributed by atoms with Gasteiger partial charge in [-0.3, -0.25) is 4.79 Å². The topological polar surface area (TPSA) is 79.4 Å². The van der Waals surface area contributed by atoms with E-state index in [2.05, 4.69) is 25.3 Å². The Hall–Kier alpha value is -3.40. The van der Waals surface area contributed by atoms with Gasteiger partial charge in [0.25, 0.3) is 5.91 Å². The summed E-state index contributed by atoms with van der Waals surface area (Å²) in [6.45, 7) is 4.12. The number of nitrogens with zero attached hydrogens (tertiary/aromatic N) is 3. The fourth-order valence-corrected chi connectivity index (χ4v) is 3.40. The van der Waals surface area contributed by atoms with Crippen molar-refractivity contribution in [2.24, 2.45) is 0 Å². The number of nitrogens with one attached hydrogen (secondary N) is 2. The quantitative estimate of drug-likeness (QED) is 0.657. The second kappa shape index (κ2) is 8.38. The fourth-order valence-electron chi connectivity index (χ4n) is 3.40. The van der Waals surface area contributed by atoms with Crippen LogP contribution in [0.3, 0.4) is 0 Å². The molecule has 7 nitrogen and oxygen atoms in total. The number of benzene rings is 2. The van der Waals surface area contributed by atoms with Crippen LogP contribution in [0.4, 0.5) is 24.8 Å². The Morgan fingerprint density at radius 3 is 2.71 bits per heavy atom. The Balaban J connectivity index is 1.66. The van der Waals surface area contributed by atoms with Gasteiger partial charge in [-0.15, -0.1) is 13.2 Å². The molecule has 0 radical (unpaired) electrons. The molecule has 1 saturated heterocycles. The monoisotopic (exact) mass is 431 g/mol. The number of carbonyl (C=O) groups excluding carboxylic acids is 1. The van der Waals surface area contributed by atoms with Crippen molar-refractivity contribution in [3.05, 3.63) is 53.7 Å². The van der Waals surface area contributed by atoms with Crippen molar-refractivity contribution in [1.29, 1.82) is 0 Å². The highest BCUT2D eigenvalue weighted by Crippen LogP contribution is 2.33. The molecule has 1 amide bonds. The average molecular weight is 431 g/mol. The summed E-state index contributed by atoms with van der Waals surface area (Å²) in [6.07, 6.45) is -3.34. The average Bonchev–Trinajstić information content (AvgIpc) is 2.74. The predicted molar refractivity (Wildman–Crippen MR) is 109 cm³/mol. The summed E-state index contributed by atoms with van der Waals surface area (Å²) in [5.74, 6) is -0.755. The number of halogens is 3. The molecular weight excluding hydrogens is 411 g/mol. The number of rotatable bonds is 4. The van der Waals surface area contributed by atoms with E-state index in [0.717, 1.165) is 17.0 Å². The lowest BCUT2D eigenvalue weighted by Gasteiger charge is -2.27. The third-order valence-corrected chi connectivity index (χ3v) is 4.92. The second-order valence-corrected chi connectivity index (χ2v) is 7.13. The maximum absolute atomic E-state index is 13.0. The molecule has 2 heterocycles. The number of aryl methyl sites for hydroxylation is 1. The van der Waals surface area contributed by atoms with E-state index in [0.29, 0.717) is 31.7 Å². The van der Waals surface area contributed by atoms with E-state index in [4.69, 9.17) is 0 Å². The van der Waals surface area contributed by atoms with Crippen molar-refractivity contribution in [3.8, 4) is 5.75 Å². The molecule has 0 saturated carbocycles. The van der Waals surface area contributed by atoms with Gasteiger partial charge in [0.1, 0.15) is 0 Å². The van der Waals surface area contributed by atoms with Crippen molar-refractivity contribution in [2.45, 2.75) is 13.3 Å². The number of amides is 1. The minimum absolute atomic E-state index is 0.00196. The molecule has 4 rings (SSSR count). The number of carbonyl (C=O) groups is 1. The van der Waals surface area contributed by atoms with Crippen molar-refractivity contribution < 1.29 is 22.7 Å². The summed E-state index contributed by atoms with van der Waals surface area (Å²) < 4.78 is 43.3. The maximum Gasteiger partial charge on any atom is 0.573 e. The molecule has 10 heteroatoms. The second-order valence-electron chi connectivity index (χ2n) is 7.13. The minimum Gasteiger partial charge on any atom is -0.404 e. The molecule has 3 aromatic rings. The van der Waals surface area contributed by atoms with Gasteiger partial charge in [0, 0.05) is 43.3 Å². The summed E-state index contributed by atoms with van der Waals surface area (Å²) in [6, 6.07) is 9.52. The smallest absolute Gasteiger partial charge is 0.404 e. The van der Waals surface area contributed by atoms with Crippen molar-refractivity contribution in [1.82, 2.24) is 20.2 Å². The van der Waals surface area contributed by atoms with Gasteiger partial charge in [0.05, 0.1) is 11.2 Å². The molecule has 162 valence electrons. The lowest BCUT2D eigenvalue weighted by molar-refractivity contribution is -0.274. The lowest BCUT2D eigenvalue weighted by atomic mass is 10.1. The standard InChI is InChI=1S/C21H20F3N5O2/c1-13-3-2-4-15-12-26-20(28-18(13)15)27-16-6-5-14(11-17(16)31-21(22,23)24)19(30)29-9-7-25-8-10-29/h2-6,11-12,25H,7-10H2,1H3,(H,26,27,28). The van der Waals surface area contributed by atoms with Crippen LogP contribution < -0.4 is 15.4 Å². The predicted octanol–water partition coefficient (Wildman–Crippen LogP) is 3.63. The third-order valence-electron chi connectivity index (χ3n) is 4.92. The first kappa shape index (κ1) is 20.9. The van der Waals surface area contributed by atoms with Gasteiger partial charge in [0.2, 0.25) is 5.95 Å². The SMILES string of the molecule is Cc1cccc2cnc(Nc3ccc(C(=O)N4CCNCC4)cc3OC(F)(F)F)nc12. The highest BCUT2D eigenvalue weighted by Gasteiger charge is 2.33. The van der Waals surface area contributed by atoms with Crippen LogP contribution in [-0.4, -0.2) is 53.3 Å².